The summed E-state index contributed by atoms with van der Waals surface area (Å²) >= 11 is 5.89. The van der Waals surface area contributed by atoms with Crippen LogP contribution < -0.4 is 0 Å². The number of piperidine rings is 1. The molecule has 2 aliphatic heterocycles. The van der Waals surface area contributed by atoms with Crippen molar-refractivity contribution in [3.8, 4) is 0 Å². The molecule has 0 saturated carbocycles. The number of rotatable bonds is 3. The van der Waals surface area contributed by atoms with E-state index in [1.807, 2.05) is 4.90 Å². The highest BCUT2D eigenvalue weighted by atomic mass is 35.5. The van der Waals surface area contributed by atoms with Crippen LogP contribution in [-0.2, 0) is 4.79 Å². The Bertz CT molecular complexity index is 674. The number of carbonyl (C=O) groups excluding carboxylic acids is 3. The summed E-state index contributed by atoms with van der Waals surface area (Å²) in [5, 5.41) is 0.403. The first-order valence-electron chi connectivity index (χ1n) is 7.98. The van der Waals surface area contributed by atoms with Crippen LogP contribution in [0, 0.1) is 0 Å². The number of benzene rings is 1. The summed E-state index contributed by atoms with van der Waals surface area (Å²) in [4.78, 5) is 40.2. The van der Waals surface area contributed by atoms with Gasteiger partial charge in [-0.3, -0.25) is 19.3 Å². The van der Waals surface area contributed by atoms with Gasteiger partial charge in [0.25, 0.3) is 11.8 Å². The van der Waals surface area contributed by atoms with Crippen molar-refractivity contribution in [3.63, 3.8) is 0 Å². The molecular weight excluding hydrogens is 316 g/mol. The van der Waals surface area contributed by atoms with Gasteiger partial charge in [-0.05, 0) is 43.9 Å². The highest BCUT2D eigenvalue weighted by molar-refractivity contribution is 6.32. The molecule has 1 fully saturated rings. The highest BCUT2D eigenvalue weighted by Crippen LogP contribution is 2.26. The Balaban J connectivity index is 1.77. The fourth-order valence-electron chi connectivity index (χ4n) is 3.39. The third kappa shape index (κ3) is 2.85. The molecule has 0 aromatic heterocycles. The van der Waals surface area contributed by atoms with Crippen molar-refractivity contribution >= 4 is 29.3 Å². The van der Waals surface area contributed by atoms with Gasteiger partial charge in [-0.15, -0.1) is 0 Å². The number of nitrogens with zero attached hydrogens (tertiary/aromatic N) is 2. The van der Waals surface area contributed by atoms with Crippen LogP contribution in [0.5, 0.6) is 0 Å². The first kappa shape index (κ1) is 16.0. The van der Waals surface area contributed by atoms with E-state index in [-0.39, 0.29) is 24.1 Å². The van der Waals surface area contributed by atoms with Crippen molar-refractivity contribution in [2.24, 2.45) is 0 Å². The third-order valence-corrected chi connectivity index (χ3v) is 4.88. The van der Waals surface area contributed by atoms with Crippen LogP contribution in [-0.4, -0.2) is 46.7 Å². The Morgan fingerprint density at radius 3 is 2.70 bits per heavy atom. The molecule has 6 heteroatoms. The maximum Gasteiger partial charge on any atom is 0.262 e. The maximum absolute atomic E-state index is 12.6. The van der Waals surface area contributed by atoms with E-state index in [0.717, 1.165) is 30.6 Å². The predicted molar refractivity (Wildman–Crippen MR) is 86.5 cm³/mol. The quantitative estimate of drug-likeness (QED) is 0.799. The molecule has 3 amide bonds. The van der Waals surface area contributed by atoms with Crippen LogP contribution in [0.2, 0.25) is 5.02 Å². The van der Waals surface area contributed by atoms with Crippen LogP contribution in [0.4, 0.5) is 0 Å². The number of hydrogen-bond acceptors (Lipinski definition) is 3. The second-order valence-corrected chi connectivity index (χ2v) is 6.47. The van der Waals surface area contributed by atoms with Crippen LogP contribution >= 0.6 is 11.6 Å². The number of halogens is 1. The molecule has 1 unspecified atom stereocenters. The maximum atomic E-state index is 12.6. The van der Waals surface area contributed by atoms with Gasteiger partial charge in [-0.1, -0.05) is 18.5 Å². The van der Waals surface area contributed by atoms with Crippen LogP contribution in [0.3, 0.4) is 0 Å². The fourth-order valence-corrected chi connectivity index (χ4v) is 3.56. The Kier molecular flexibility index (Phi) is 4.39. The zero-order valence-corrected chi connectivity index (χ0v) is 13.8. The molecule has 1 aromatic carbocycles. The average Bonchev–Trinajstić information content (AvgIpc) is 2.79. The van der Waals surface area contributed by atoms with E-state index in [2.05, 4.69) is 6.92 Å². The van der Waals surface area contributed by atoms with Crippen molar-refractivity contribution in [1.82, 2.24) is 9.80 Å². The van der Waals surface area contributed by atoms with Crippen LogP contribution in [0.15, 0.2) is 18.2 Å². The lowest BCUT2D eigenvalue weighted by Gasteiger charge is -2.36. The van der Waals surface area contributed by atoms with E-state index >= 15 is 0 Å². The molecule has 0 N–H and O–H groups in total. The highest BCUT2D eigenvalue weighted by Gasteiger charge is 2.38. The Labute approximate surface area is 140 Å². The van der Waals surface area contributed by atoms with E-state index < -0.39 is 11.8 Å². The largest absolute Gasteiger partial charge is 0.338 e. The molecule has 2 aliphatic rings. The standard InChI is InChI=1S/C17H19ClN2O3/c1-2-12-5-3-4-8-19(12)15(21)10-20-16(22)13-7-6-11(18)9-14(13)17(20)23/h6-7,9,12H,2-5,8,10H2,1H3. The Hall–Kier alpha value is -1.88. The molecule has 1 aromatic rings. The van der Waals surface area contributed by atoms with E-state index in [1.165, 1.54) is 12.1 Å². The summed E-state index contributed by atoms with van der Waals surface area (Å²) in [7, 11) is 0. The first-order valence-corrected chi connectivity index (χ1v) is 8.36. The van der Waals surface area contributed by atoms with Gasteiger partial charge >= 0.3 is 0 Å². The normalized spacial score (nSPS) is 20.9. The molecule has 3 rings (SSSR count). The SMILES string of the molecule is CCC1CCCCN1C(=O)CN1C(=O)c2ccc(Cl)cc2C1=O. The predicted octanol–water partition coefficient (Wildman–Crippen LogP) is 2.73. The van der Waals surface area contributed by atoms with Crippen molar-refractivity contribution in [1.29, 1.82) is 0 Å². The zero-order valence-electron chi connectivity index (χ0n) is 13.0. The lowest BCUT2D eigenvalue weighted by molar-refractivity contribution is -0.135. The van der Waals surface area contributed by atoms with E-state index in [0.29, 0.717) is 17.1 Å². The first-order chi connectivity index (χ1) is 11.0. The molecule has 122 valence electrons. The second kappa shape index (κ2) is 6.32. The van der Waals surface area contributed by atoms with Gasteiger partial charge in [0.05, 0.1) is 11.1 Å². The van der Waals surface area contributed by atoms with Gasteiger partial charge in [0.1, 0.15) is 6.54 Å². The fraction of sp³-hybridized carbons (Fsp3) is 0.471. The second-order valence-electron chi connectivity index (χ2n) is 6.03. The molecular formula is C17H19ClN2O3. The minimum absolute atomic E-state index is 0.155. The molecule has 0 aliphatic carbocycles. The molecule has 2 heterocycles. The molecule has 0 bridgehead atoms. The summed E-state index contributed by atoms with van der Waals surface area (Å²) in [5.74, 6) is -1.01. The molecule has 5 nitrogen and oxygen atoms in total. The van der Waals surface area contributed by atoms with E-state index in [1.54, 1.807) is 6.07 Å². The van der Waals surface area contributed by atoms with Gasteiger partial charge < -0.3 is 4.90 Å². The average molecular weight is 335 g/mol. The molecule has 0 radical (unpaired) electrons. The van der Waals surface area contributed by atoms with Gasteiger partial charge in [0.15, 0.2) is 0 Å². The zero-order chi connectivity index (χ0) is 16.6. The number of fused-ring (bicyclic) bond motifs is 1. The van der Waals surface area contributed by atoms with Crippen molar-refractivity contribution in [3.05, 3.63) is 34.3 Å². The molecule has 23 heavy (non-hydrogen) atoms. The monoisotopic (exact) mass is 334 g/mol. The van der Waals surface area contributed by atoms with Gasteiger partial charge in [0.2, 0.25) is 5.91 Å². The Morgan fingerprint density at radius 1 is 1.22 bits per heavy atom. The summed E-state index contributed by atoms with van der Waals surface area (Å²) < 4.78 is 0. The van der Waals surface area contributed by atoms with Crippen molar-refractivity contribution < 1.29 is 14.4 Å². The van der Waals surface area contributed by atoms with Gasteiger partial charge in [-0.25, -0.2) is 0 Å². The minimum atomic E-state index is -0.439. The van der Waals surface area contributed by atoms with Crippen molar-refractivity contribution in [2.75, 3.05) is 13.1 Å². The molecule has 1 atom stereocenters. The Morgan fingerprint density at radius 2 is 1.96 bits per heavy atom. The van der Waals surface area contributed by atoms with Gasteiger partial charge in [-0.2, -0.15) is 0 Å². The van der Waals surface area contributed by atoms with E-state index in [9.17, 15) is 14.4 Å². The van der Waals surface area contributed by atoms with E-state index in [4.69, 9.17) is 11.6 Å². The number of carbonyl (C=O) groups is 3. The summed E-state index contributed by atoms with van der Waals surface area (Å²) in [6.45, 7) is 2.56. The van der Waals surface area contributed by atoms with Crippen LogP contribution in [0.1, 0.15) is 53.3 Å². The van der Waals surface area contributed by atoms with Gasteiger partial charge in [0, 0.05) is 17.6 Å². The smallest absolute Gasteiger partial charge is 0.262 e. The number of amides is 3. The summed E-state index contributed by atoms with van der Waals surface area (Å²) in [6.07, 6.45) is 3.97. The lowest BCUT2D eigenvalue weighted by Crippen LogP contribution is -2.48. The minimum Gasteiger partial charge on any atom is -0.338 e. The summed E-state index contributed by atoms with van der Waals surface area (Å²) in [6, 6.07) is 4.81. The molecule has 1 saturated heterocycles. The van der Waals surface area contributed by atoms with Crippen LogP contribution in [0.25, 0.3) is 0 Å². The number of hydrogen-bond donors (Lipinski definition) is 0. The topological polar surface area (TPSA) is 57.7 Å². The number of likely N-dealkylation sites (tertiary alicyclic amines) is 1. The summed E-state index contributed by atoms with van der Waals surface area (Å²) in [5.41, 5.74) is 0.596. The lowest BCUT2D eigenvalue weighted by atomic mass is 10.00. The molecule has 0 spiro atoms. The third-order valence-electron chi connectivity index (χ3n) is 4.64. The van der Waals surface area contributed by atoms with Crippen molar-refractivity contribution in [2.45, 2.75) is 38.6 Å². The number of imide groups is 1.